The van der Waals surface area contributed by atoms with Gasteiger partial charge >= 0.3 is 0 Å². The van der Waals surface area contributed by atoms with Crippen LogP contribution in [0.5, 0.6) is 11.5 Å². The van der Waals surface area contributed by atoms with E-state index >= 15 is 0 Å². The van der Waals surface area contributed by atoms with Crippen LogP contribution < -0.4 is 9.47 Å². The predicted molar refractivity (Wildman–Crippen MR) is 125 cm³/mol. The Bertz CT molecular complexity index is 960. The molecule has 0 aliphatic carbocycles. The summed E-state index contributed by atoms with van der Waals surface area (Å²) in [6, 6.07) is 25.7. The maximum Gasteiger partial charge on any atom is 0.181 e. The van der Waals surface area contributed by atoms with Crippen LogP contribution in [0, 0.1) is 0 Å². The summed E-state index contributed by atoms with van der Waals surface area (Å²) in [6.45, 7) is 2.15. The van der Waals surface area contributed by atoms with Crippen LogP contribution in [-0.4, -0.2) is 45.0 Å². The predicted octanol–water partition coefficient (Wildman–Crippen LogP) is 5.21. The Labute approximate surface area is 185 Å². The standard InChI is InChI=1S/C27H31NO3/c1-20(28(2)3)19-27(21-12-8-6-9-13-21,22-14-10-7-11-15-22)26(29)24-17-16-23(30-4)18-25(24)31-5/h6-18,20H,19H2,1-5H3/t20-/m1/s1. The largest absolute Gasteiger partial charge is 0.497 e. The molecular formula is C27H31NO3. The molecule has 0 bridgehead atoms. The summed E-state index contributed by atoms with van der Waals surface area (Å²) in [4.78, 5) is 16.6. The molecule has 0 aliphatic rings. The quantitative estimate of drug-likeness (QED) is 0.448. The van der Waals surface area contributed by atoms with Crippen LogP contribution in [0.1, 0.15) is 34.8 Å². The highest BCUT2D eigenvalue weighted by atomic mass is 16.5. The maximum atomic E-state index is 14.5. The minimum atomic E-state index is -0.867. The third-order valence-electron chi connectivity index (χ3n) is 6.06. The van der Waals surface area contributed by atoms with Gasteiger partial charge in [-0.1, -0.05) is 60.7 Å². The van der Waals surface area contributed by atoms with Crippen molar-refractivity contribution < 1.29 is 14.3 Å². The molecule has 1 atom stereocenters. The zero-order valence-corrected chi connectivity index (χ0v) is 19.0. The second-order valence-electron chi connectivity index (χ2n) is 8.05. The van der Waals surface area contributed by atoms with Crippen molar-refractivity contribution in [3.05, 3.63) is 95.6 Å². The van der Waals surface area contributed by atoms with Crippen LogP contribution in [0.25, 0.3) is 0 Å². The van der Waals surface area contributed by atoms with Crippen molar-refractivity contribution >= 4 is 5.78 Å². The Balaban J connectivity index is 2.30. The molecule has 4 heteroatoms. The van der Waals surface area contributed by atoms with E-state index in [1.54, 1.807) is 26.4 Å². The number of benzene rings is 3. The average molecular weight is 418 g/mol. The molecule has 0 aliphatic heterocycles. The van der Waals surface area contributed by atoms with E-state index in [1.165, 1.54) is 0 Å². The summed E-state index contributed by atoms with van der Waals surface area (Å²) in [5.41, 5.74) is 1.62. The molecule has 3 aromatic carbocycles. The first-order chi connectivity index (χ1) is 14.9. The summed E-state index contributed by atoms with van der Waals surface area (Å²) in [5.74, 6) is 1.18. The number of carbonyl (C=O) groups is 1. The van der Waals surface area contributed by atoms with Gasteiger partial charge in [0.15, 0.2) is 5.78 Å². The molecule has 3 aromatic rings. The van der Waals surface area contributed by atoms with Gasteiger partial charge in [0, 0.05) is 12.1 Å². The van der Waals surface area contributed by atoms with Gasteiger partial charge in [0.1, 0.15) is 11.5 Å². The van der Waals surface area contributed by atoms with E-state index in [-0.39, 0.29) is 11.8 Å². The fraction of sp³-hybridized carbons (Fsp3) is 0.296. The minimum Gasteiger partial charge on any atom is -0.497 e. The third-order valence-corrected chi connectivity index (χ3v) is 6.06. The van der Waals surface area contributed by atoms with E-state index in [0.29, 0.717) is 23.5 Å². The highest BCUT2D eigenvalue weighted by molar-refractivity contribution is 6.08. The fourth-order valence-corrected chi connectivity index (χ4v) is 4.04. The number of ketones is 1. The monoisotopic (exact) mass is 417 g/mol. The summed E-state index contributed by atoms with van der Waals surface area (Å²) in [5, 5.41) is 0. The number of ether oxygens (including phenoxy) is 2. The summed E-state index contributed by atoms with van der Waals surface area (Å²) < 4.78 is 11.0. The first-order valence-corrected chi connectivity index (χ1v) is 10.5. The molecule has 0 saturated heterocycles. The number of carbonyl (C=O) groups excluding carboxylic acids is 1. The smallest absolute Gasteiger partial charge is 0.181 e. The Morgan fingerprint density at radius 3 is 1.87 bits per heavy atom. The van der Waals surface area contributed by atoms with Crippen molar-refractivity contribution in [2.45, 2.75) is 24.8 Å². The average Bonchev–Trinajstić information content (AvgIpc) is 2.82. The minimum absolute atomic E-state index is 0.0121. The molecule has 0 unspecified atom stereocenters. The topological polar surface area (TPSA) is 38.8 Å². The molecule has 4 nitrogen and oxygen atoms in total. The van der Waals surface area contributed by atoms with Crippen LogP contribution in [0.15, 0.2) is 78.9 Å². The summed E-state index contributed by atoms with van der Waals surface area (Å²) in [7, 11) is 7.28. The van der Waals surface area contributed by atoms with Crippen LogP contribution in [0.2, 0.25) is 0 Å². The maximum absolute atomic E-state index is 14.5. The van der Waals surface area contributed by atoms with Crippen molar-refractivity contribution in [1.29, 1.82) is 0 Å². The van der Waals surface area contributed by atoms with Crippen molar-refractivity contribution in [2.75, 3.05) is 28.3 Å². The lowest BCUT2D eigenvalue weighted by Gasteiger charge is -2.38. The normalized spacial score (nSPS) is 12.5. The fourth-order valence-electron chi connectivity index (χ4n) is 4.04. The van der Waals surface area contributed by atoms with Gasteiger partial charge in [0.05, 0.1) is 25.2 Å². The molecule has 0 N–H and O–H groups in total. The molecule has 0 amide bonds. The molecule has 0 aromatic heterocycles. The Hall–Kier alpha value is -3.11. The van der Waals surface area contributed by atoms with Crippen LogP contribution in [0.3, 0.4) is 0 Å². The molecule has 0 saturated carbocycles. The first-order valence-electron chi connectivity index (χ1n) is 10.5. The molecular weight excluding hydrogens is 386 g/mol. The van der Waals surface area contributed by atoms with E-state index < -0.39 is 5.41 Å². The molecule has 162 valence electrons. The highest BCUT2D eigenvalue weighted by Gasteiger charge is 2.44. The Morgan fingerprint density at radius 1 is 0.871 bits per heavy atom. The molecule has 0 heterocycles. The third kappa shape index (κ3) is 4.49. The SMILES string of the molecule is COc1ccc(C(=O)C(C[C@@H](C)N(C)C)(c2ccccc2)c2ccccc2)c(OC)c1. The second kappa shape index (κ2) is 9.80. The lowest BCUT2D eigenvalue weighted by molar-refractivity contribution is 0.0879. The number of Topliss-reactive ketones (excluding diaryl/α,β-unsaturated/α-hetero) is 1. The number of hydrogen-bond acceptors (Lipinski definition) is 4. The number of hydrogen-bond donors (Lipinski definition) is 0. The first kappa shape index (κ1) is 22.6. The molecule has 0 fully saturated rings. The number of methoxy groups -OCH3 is 2. The van der Waals surface area contributed by atoms with E-state index in [0.717, 1.165) is 11.1 Å². The second-order valence-corrected chi connectivity index (χ2v) is 8.05. The van der Waals surface area contributed by atoms with E-state index in [4.69, 9.17) is 9.47 Å². The van der Waals surface area contributed by atoms with Crippen molar-refractivity contribution in [3.63, 3.8) is 0 Å². The zero-order chi connectivity index (χ0) is 22.4. The van der Waals surface area contributed by atoms with Crippen LogP contribution in [0.4, 0.5) is 0 Å². The van der Waals surface area contributed by atoms with Crippen LogP contribution in [-0.2, 0) is 5.41 Å². The summed E-state index contributed by atoms with van der Waals surface area (Å²) >= 11 is 0. The number of rotatable bonds is 9. The van der Waals surface area contributed by atoms with E-state index in [9.17, 15) is 4.79 Å². The van der Waals surface area contributed by atoms with Crippen molar-refractivity contribution in [2.24, 2.45) is 0 Å². The summed E-state index contributed by atoms with van der Waals surface area (Å²) in [6.07, 6.45) is 0.627. The van der Waals surface area contributed by atoms with Gasteiger partial charge in [-0.2, -0.15) is 0 Å². The molecule has 0 radical (unpaired) electrons. The highest BCUT2D eigenvalue weighted by Crippen LogP contribution is 2.42. The van der Waals surface area contributed by atoms with E-state index in [1.807, 2.05) is 80.8 Å². The van der Waals surface area contributed by atoms with Crippen molar-refractivity contribution in [3.8, 4) is 11.5 Å². The van der Waals surface area contributed by atoms with Crippen LogP contribution >= 0.6 is 0 Å². The lowest BCUT2D eigenvalue weighted by atomic mass is 9.66. The zero-order valence-electron chi connectivity index (χ0n) is 19.0. The van der Waals surface area contributed by atoms with Gasteiger partial charge in [-0.25, -0.2) is 0 Å². The molecule has 0 spiro atoms. The van der Waals surface area contributed by atoms with Gasteiger partial charge in [-0.05, 0) is 50.7 Å². The molecule has 3 rings (SSSR count). The van der Waals surface area contributed by atoms with Gasteiger partial charge in [-0.15, -0.1) is 0 Å². The Kier molecular flexibility index (Phi) is 7.13. The number of nitrogens with zero attached hydrogens (tertiary/aromatic N) is 1. The molecule has 31 heavy (non-hydrogen) atoms. The Morgan fingerprint density at radius 2 is 1.42 bits per heavy atom. The lowest BCUT2D eigenvalue weighted by Crippen LogP contribution is -2.43. The van der Waals surface area contributed by atoms with Crippen molar-refractivity contribution in [1.82, 2.24) is 4.90 Å². The van der Waals surface area contributed by atoms with Gasteiger partial charge in [0.25, 0.3) is 0 Å². The van der Waals surface area contributed by atoms with E-state index in [2.05, 4.69) is 11.8 Å². The van der Waals surface area contributed by atoms with Gasteiger partial charge in [0.2, 0.25) is 0 Å². The van der Waals surface area contributed by atoms with Gasteiger partial charge < -0.3 is 14.4 Å². The van der Waals surface area contributed by atoms with Gasteiger partial charge in [-0.3, -0.25) is 4.79 Å².